The highest BCUT2D eigenvalue weighted by Gasteiger charge is 2.28. The molecule has 4 nitrogen and oxygen atoms in total. The van der Waals surface area contributed by atoms with E-state index in [9.17, 15) is 4.79 Å². The van der Waals surface area contributed by atoms with Crippen LogP contribution >= 0.6 is 11.3 Å². The smallest absolute Gasteiger partial charge is 0.228 e. The fourth-order valence-corrected chi connectivity index (χ4v) is 3.18. The molecule has 1 aromatic carbocycles. The van der Waals surface area contributed by atoms with Crippen LogP contribution < -0.4 is 10.2 Å². The number of hydrogen-bond donors (Lipinski definition) is 1. The van der Waals surface area contributed by atoms with Crippen molar-refractivity contribution in [2.45, 2.75) is 18.9 Å². The highest BCUT2D eigenvalue weighted by atomic mass is 32.1. The number of para-hydroxylation sites is 1. The van der Waals surface area contributed by atoms with E-state index in [0.717, 1.165) is 23.7 Å². The van der Waals surface area contributed by atoms with Crippen molar-refractivity contribution in [3.63, 3.8) is 0 Å². The van der Waals surface area contributed by atoms with Gasteiger partial charge < -0.3 is 10.2 Å². The molecule has 3 rings (SSSR count). The molecule has 104 valence electrons. The molecule has 0 saturated heterocycles. The van der Waals surface area contributed by atoms with Gasteiger partial charge in [0.25, 0.3) is 0 Å². The van der Waals surface area contributed by atoms with Crippen molar-refractivity contribution in [1.29, 1.82) is 0 Å². The Kier molecular flexibility index (Phi) is 3.80. The molecule has 0 spiro atoms. The number of carbonyl (C=O) groups is 1. The van der Waals surface area contributed by atoms with Gasteiger partial charge in [-0.3, -0.25) is 4.79 Å². The number of thiazole rings is 1. The lowest BCUT2D eigenvalue weighted by Gasteiger charge is -2.32. The van der Waals surface area contributed by atoms with Crippen molar-refractivity contribution in [1.82, 2.24) is 10.3 Å². The Morgan fingerprint density at radius 3 is 3.10 bits per heavy atom. The van der Waals surface area contributed by atoms with E-state index in [0.29, 0.717) is 6.42 Å². The van der Waals surface area contributed by atoms with E-state index in [1.54, 1.807) is 16.2 Å². The summed E-state index contributed by atoms with van der Waals surface area (Å²) in [7, 11) is 1.84. The Morgan fingerprint density at radius 2 is 2.30 bits per heavy atom. The number of nitrogens with zero attached hydrogens (tertiary/aromatic N) is 2. The van der Waals surface area contributed by atoms with E-state index in [-0.39, 0.29) is 11.9 Å². The molecule has 1 atom stereocenters. The van der Waals surface area contributed by atoms with Crippen LogP contribution in [0.25, 0.3) is 0 Å². The highest BCUT2D eigenvalue weighted by molar-refractivity contribution is 7.09. The molecule has 1 aliphatic rings. The maximum absolute atomic E-state index is 12.0. The molecule has 2 heterocycles. The molecule has 20 heavy (non-hydrogen) atoms. The lowest BCUT2D eigenvalue weighted by Crippen LogP contribution is -2.38. The zero-order valence-corrected chi connectivity index (χ0v) is 12.2. The number of hydrogen-bond acceptors (Lipinski definition) is 4. The van der Waals surface area contributed by atoms with Crippen molar-refractivity contribution >= 4 is 22.9 Å². The summed E-state index contributed by atoms with van der Waals surface area (Å²) < 4.78 is 0. The second-order valence-corrected chi connectivity index (χ2v) is 5.88. The minimum Gasteiger partial charge on any atom is -0.315 e. The number of fused-ring (bicyclic) bond motifs is 1. The van der Waals surface area contributed by atoms with Crippen LogP contribution in [0.2, 0.25) is 0 Å². The van der Waals surface area contributed by atoms with Gasteiger partial charge in [0.1, 0.15) is 0 Å². The molecular formula is C15H17N3OS. The molecule has 1 amide bonds. The second-order valence-electron chi connectivity index (χ2n) is 4.90. The predicted octanol–water partition coefficient (Wildman–Crippen LogP) is 2.38. The van der Waals surface area contributed by atoms with E-state index in [1.165, 1.54) is 5.56 Å². The van der Waals surface area contributed by atoms with Gasteiger partial charge in [-0.25, -0.2) is 4.98 Å². The standard InChI is InChI=1S/C15H17N3OS/c1-18-13-5-3-2-4-11(13)12(10-15(18)19)16-7-6-14-17-8-9-20-14/h2-5,8-9,12,16H,6-7,10H2,1H3. The number of carbonyl (C=O) groups excluding carboxylic acids is 1. The van der Waals surface area contributed by atoms with Gasteiger partial charge in [0, 0.05) is 49.7 Å². The number of rotatable bonds is 4. The van der Waals surface area contributed by atoms with Crippen molar-refractivity contribution in [3.05, 3.63) is 46.4 Å². The van der Waals surface area contributed by atoms with Crippen molar-refractivity contribution in [2.75, 3.05) is 18.5 Å². The molecule has 0 saturated carbocycles. The van der Waals surface area contributed by atoms with Crippen LogP contribution in [-0.2, 0) is 11.2 Å². The number of benzene rings is 1. The lowest BCUT2D eigenvalue weighted by atomic mass is 9.96. The van der Waals surface area contributed by atoms with Gasteiger partial charge in [0.2, 0.25) is 5.91 Å². The summed E-state index contributed by atoms with van der Waals surface area (Å²) in [4.78, 5) is 18.1. The van der Waals surface area contributed by atoms with Crippen LogP contribution in [-0.4, -0.2) is 24.5 Å². The first kappa shape index (κ1) is 13.3. The Balaban J connectivity index is 1.70. The van der Waals surface area contributed by atoms with Crippen LogP contribution in [0.15, 0.2) is 35.8 Å². The van der Waals surface area contributed by atoms with E-state index in [1.807, 2.05) is 36.8 Å². The minimum absolute atomic E-state index is 0.106. The molecule has 0 radical (unpaired) electrons. The first-order valence-corrected chi connectivity index (χ1v) is 7.61. The molecule has 2 aromatic rings. The van der Waals surface area contributed by atoms with Crippen LogP contribution in [0.3, 0.4) is 0 Å². The molecule has 1 unspecified atom stereocenters. The van der Waals surface area contributed by atoms with Gasteiger partial charge in [-0.2, -0.15) is 0 Å². The fraction of sp³-hybridized carbons (Fsp3) is 0.333. The lowest BCUT2D eigenvalue weighted by molar-refractivity contribution is -0.119. The third-order valence-corrected chi connectivity index (χ3v) is 4.48. The highest BCUT2D eigenvalue weighted by Crippen LogP contribution is 2.33. The third kappa shape index (κ3) is 2.59. The first-order valence-electron chi connectivity index (χ1n) is 6.73. The number of anilines is 1. The van der Waals surface area contributed by atoms with E-state index in [4.69, 9.17) is 0 Å². The van der Waals surface area contributed by atoms with Gasteiger partial charge in [0.05, 0.1) is 5.01 Å². The zero-order chi connectivity index (χ0) is 13.9. The summed E-state index contributed by atoms with van der Waals surface area (Å²) in [6.07, 6.45) is 3.25. The molecule has 1 aliphatic heterocycles. The number of nitrogens with one attached hydrogen (secondary N) is 1. The van der Waals surface area contributed by atoms with Gasteiger partial charge in [-0.1, -0.05) is 18.2 Å². The van der Waals surface area contributed by atoms with E-state index in [2.05, 4.69) is 16.4 Å². The van der Waals surface area contributed by atoms with Gasteiger partial charge >= 0.3 is 0 Å². The van der Waals surface area contributed by atoms with Crippen LogP contribution in [0.4, 0.5) is 5.69 Å². The first-order chi connectivity index (χ1) is 9.75. The minimum atomic E-state index is 0.106. The fourth-order valence-electron chi connectivity index (χ4n) is 2.56. The summed E-state index contributed by atoms with van der Waals surface area (Å²) in [5.74, 6) is 0.162. The SMILES string of the molecule is CN1C(=O)CC(NCCc2nccs2)c2ccccc21. The molecule has 0 fully saturated rings. The zero-order valence-electron chi connectivity index (χ0n) is 11.4. The maximum atomic E-state index is 12.0. The average molecular weight is 287 g/mol. The van der Waals surface area contributed by atoms with Crippen molar-refractivity contribution in [2.24, 2.45) is 0 Å². The largest absolute Gasteiger partial charge is 0.315 e. The van der Waals surface area contributed by atoms with Crippen LogP contribution in [0.5, 0.6) is 0 Å². The van der Waals surface area contributed by atoms with Gasteiger partial charge in [-0.05, 0) is 11.6 Å². The Hall–Kier alpha value is -1.72. The molecule has 5 heteroatoms. The summed E-state index contributed by atoms with van der Waals surface area (Å²) in [6.45, 7) is 0.837. The second kappa shape index (κ2) is 5.73. The Bertz CT molecular complexity index is 597. The number of aromatic nitrogens is 1. The molecule has 0 aliphatic carbocycles. The third-order valence-electron chi connectivity index (χ3n) is 3.64. The Morgan fingerprint density at radius 1 is 1.45 bits per heavy atom. The average Bonchev–Trinajstić information content (AvgIpc) is 2.97. The van der Waals surface area contributed by atoms with Gasteiger partial charge in [0.15, 0.2) is 0 Å². The molecule has 1 N–H and O–H groups in total. The summed E-state index contributed by atoms with van der Waals surface area (Å²) in [5, 5.41) is 6.61. The summed E-state index contributed by atoms with van der Waals surface area (Å²) in [6, 6.07) is 8.20. The monoisotopic (exact) mass is 287 g/mol. The normalized spacial score (nSPS) is 18.1. The van der Waals surface area contributed by atoms with Crippen LogP contribution in [0, 0.1) is 0 Å². The van der Waals surface area contributed by atoms with Gasteiger partial charge in [-0.15, -0.1) is 11.3 Å². The molecule has 1 aromatic heterocycles. The molecule has 0 bridgehead atoms. The molecular weight excluding hydrogens is 270 g/mol. The topological polar surface area (TPSA) is 45.2 Å². The van der Waals surface area contributed by atoms with E-state index >= 15 is 0 Å². The van der Waals surface area contributed by atoms with Crippen molar-refractivity contribution in [3.8, 4) is 0 Å². The quantitative estimate of drug-likeness (QED) is 0.939. The van der Waals surface area contributed by atoms with Crippen LogP contribution in [0.1, 0.15) is 23.0 Å². The summed E-state index contributed by atoms with van der Waals surface area (Å²) in [5.41, 5.74) is 2.21. The van der Waals surface area contributed by atoms with E-state index < -0.39 is 0 Å². The van der Waals surface area contributed by atoms with Crippen molar-refractivity contribution < 1.29 is 4.79 Å². The predicted molar refractivity (Wildman–Crippen MR) is 81.0 cm³/mol. The maximum Gasteiger partial charge on any atom is 0.228 e. The number of amides is 1. The summed E-state index contributed by atoms with van der Waals surface area (Å²) >= 11 is 1.67. The Labute approximate surface area is 122 Å².